The molecule has 1 rings (SSSR count). The van der Waals surface area contributed by atoms with Crippen molar-refractivity contribution in [3.05, 3.63) is 34.7 Å². The Morgan fingerprint density at radius 1 is 1.33 bits per heavy atom. The highest BCUT2D eigenvalue weighted by molar-refractivity contribution is 5.51. The van der Waals surface area contributed by atoms with Gasteiger partial charge in [0.25, 0.3) is 6.57 Å². The molecule has 0 saturated carbocycles. The quantitative estimate of drug-likeness (QED) is 0.493. The standard InChI is InChI=1S/C8H8N/c1-7-5-3-4-6-8(7)9-2/h2-6H,1H3/q+1. The van der Waals surface area contributed by atoms with E-state index in [1.54, 1.807) is 0 Å². The third-order valence-corrected chi connectivity index (χ3v) is 1.25. The number of hydrogen-bond acceptors (Lipinski definition) is 0. The monoisotopic (exact) mass is 118 g/mol. The summed E-state index contributed by atoms with van der Waals surface area (Å²) in [6.07, 6.45) is 0. The van der Waals surface area contributed by atoms with Crippen LogP contribution in [0.4, 0.5) is 5.69 Å². The fourth-order valence-corrected chi connectivity index (χ4v) is 0.708. The fourth-order valence-electron chi connectivity index (χ4n) is 0.708. The van der Waals surface area contributed by atoms with Gasteiger partial charge in [0.05, 0.1) is 0 Å². The van der Waals surface area contributed by atoms with Gasteiger partial charge < -0.3 is 0 Å². The number of rotatable bonds is 0. The zero-order valence-corrected chi connectivity index (χ0v) is 5.33. The number of para-hydroxylation sites is 1. The average Bonchev–Trinajstić information content (AvgIpc) is 1.89. The van der Waals surface area contributed by atoms with E-state index in [4.69, 9.17) is 6.57 Å². The first-order chi connectivity index (χ1) is 4.34. The molecule has 0 heterocycles. The first-order valence-corrected chi connectivity index (χ1v) is 2.81. The second-order valence-corrected chi connectivity index (χ2v) is 1.92. The minimum Gasteiger partial charge on any atom is -0.0614 e. The Morgan fingerprint density at radius 3 is 2.44 bits per heavy atom. The number of aryl methyl sites for hydroxylation is 1. The van der Waals surface area contributed by atoms with Gasteiger partial charge in [-0.05, 0) is 11.8 Å². The van der Waals surface area contributed by atoms with Crippen molar-refractivity contribution in [1.82, 2.24) is 0 Å². The van der Waals surface area contributed by atoms with E-state index >= 15 is 0 Å². The molecule has 0 N–H and O–H groups in total. The van der Waals surface area contributed by atoms with Gasteiger partial charge in [-0.2, -0.15) is 0 Å². The lowest BCUT2D eigenvalue weighted by Crippen LogP contribution is -1.67. The third-order valence-electron chi connectivity index (χ3n) is 1.25. The number of hydrogen-bond donors (Lipinski definition) is 0. The normalized spacial score (nSPS) is 8.44. The molecule has 1 aromatic rings. The van der Waals surface area contributed by atoms with Crippen LogP contribution in [0.5, 0.6) is 0 Å². The van der Waals surface area contributed by atoms with Gasteiger partial charge >= 0.3 is 5.69 Å². The van der Waals surface area contributed by atoms with Gasteiger partial charge in [-0.25, -0.2) is 0 Å². The maximum atomic E-state index is 5.08. The molecule has 0 fully saturated rings. The molecule has 0 aliphatic rings. The van der Waals surface area contributed by atoms with Crippen molar-refractivity contribution in [1.29, 1.82) is 0 Å². The summed E-state index contributed by atoms with van der Waals surface area (Å²) in [6, 6.07) is 7.74. The van der Waals surface area contributed by atoms with Crippen molar-refractivity contribution in [2.24, 2.45) is 0 Å². The first kappa shape index (κ1) is 5.84. The maximum absolute atomic E-state index is 5.08. The molecular weight excluding hydrogens is 110 g/mol. The molecule has 0 spiro atoms. The summed E-state index contributed by atoms with van der Waals surface area (Å²) in [4.78, 5) is 3.57. The van der Waals surface area contributed by atoms with Crippen LogP contribution in [0.25, 0.3) is 4.85 Å². The van der Waals surface area contributed by atoms with Crippen molar-refractivity contribution >= 4 is 5.69 Å². The van der Waals surface area contributed by atoms with Crippen LogP contribution in [-0.4, -0.2) is 0 Å². The van der Waals surface area contributed by atoms with Gasteiger partial charge in [-0.1, -0.05) is 18.2 Å². The molecule has 0 atom stereocenters. The highest BCUT2D eigenvalue weighted by Crippen LogP contribution is 2.15. The summed E-state index contributed by atoms with van der Waals surface area (Å²) in [5.74, 6) is 0. The van der Waals surface area contributed by atoms with Crippen molar-refractivity contribution < 1.29 is 0 Å². The zero-order valence-electron chi connectivity index (χ0n) is 5.33. The Kier molecular flexibility index (Phi) is 1.51. The highest BCUT2D eigenvalue weighted by Gasteiger charge is 2.00. The van der Waals surface area contributed by atoms with Crippen molar-refractivity contribution in [3.63, 3.8) is 0 Å². The Balaban J connectivity index is 3.20. The molecule has 0 aliphatic carbocycles. The van der Waals surface area contributed by atoms with E-state index in [0.29, 0.717) is 0 Å². The Labute approximate surface area is 54.8 Å². The second kappa shape index (κ2) is 2.32. The molecule has 0 bridgehead atoms. The topological polar surface area (TPSA) is 4.36 Å². The number of benzene rings is 1. The van der Waals surface area contributed by atoms with Gasteiger partial charge in [-0.3, -0.25) is 0 Å². The maximum Gasteiger partial charge on any atom is 0.342 e. The van der Waals surface area contributed by atoms with Crippen LogP contribution in [0.2, 0.25) is 0 Å². The van der Waals surface area contributed by atoms with E-state index in [-0.39, 0.29) is 0 Å². The van der Waals surface area contributed by atoms with E-state index in [1.165, 1.54) is 0 Å². The molecule has 0 aromatic heterocycles. The summed E-state index contributed by atoms with van der Waals surface area (Å²) in [7, 11) is 0. The molecule has 1 nitrogen and oxygen atoms in total. The van der Waals surface area contributed by atoms with Gasteiger partial charge in [0.15, 0.2) is 0 Å². The summed E-state index contributed by atoms with van der Waals surface area (Å²) in [5.41, 5.74) is 1.97. The Hall–Kier alpha value is -1.29. The van der Waals surface area contributed by atoms with Crippen molar-refractivity contribution in [2.45, 2.75) is 6.92 Å². The number of nitrogens with zero attached hydrogens (tertiary/aromatic N) is 1. The molecule has 0 amide bonds. The molecule has 0 aliphatic heterocycles. The molecule has 1 aromatic carbocycles. The first-order valence-electron chi connectivity index (χ1n) is 2.81. The van der Waals surface area contributed by atoms with Gasteiger partial charge in [0, 0.05) is 11.6 Å². The largest absolute Gasteiger partial charge is 0.342 e. The highest BCUT2D eigenvalue weighted by atomic mass is 14.6. The van der Waals surface area contributed by atoms with E-state index in [2.05, 4.69) is 4.85 Å². The van der Waals surface area contributed by atoms with E-state index < -0.39 is 0 Å². The van der Waals surface area contributed by atoms with E-state index in [1.807, 2.05) is 31.2 Å². The lowest BCUT2D eigenvalue weighted by Gasteiger charge is -1.82. The molecule has 1 heteroatoms. The van der Waals surface area contributed by atoms with Gasteiger partial charge in [0.1, 0.15) is 0 Å². The lowest BCUT2D eigenvalue weighted by atomic mass is 10.2. The summed E-state index contributed by atoms with van der Waals surface area (Å²) < 4.78 is 0. The fraction of sp³-hybridized carbons (Fsp3) is 0.125. The average molecular weight is 118 g/mol. The molecule has 0 radical (unpaired) electrons. The van der Waals surface area contributed by atoms with E-state index in [0.717, 1.165) is 11.3 Å². The Bertz CT molecular complexity index is 245. The smallest absolute Gasteiger partial charge is 0.0614 e. The second-order valence-electron chi connectivity index (χ2n) is 1.92. The molecule has 0 unspecified atom stereocenters. The molecular formula is C8H8N+. The van der Waals surface area contributed by atoms with Crippen LogP contribution >= 0.6 is 0 Å². The van der Waals surface area contributed by atoms with Crippen LogP contribution in [0.15, 0.2) is 24.3 Å². The van der Waals surface area contributed by atoms with Crippen LogP contribution in [-0.2, 0) is 0 Å². The minimum atomic E-state index is 0.859. The van der Waals surface area contributed by atoms with Crippen LogP contribution in [0.1, 0.15) is 5.56 Å². The summed E-state index contributed by atoms with van der Waals surface area (Å²) in [6.45, 7) is 7.05. The van der Waals surface area contributed by atoms with Gasteiger partial charge in [-0.15, -0.1) is 0 Å². The minimum absolute atomic E-state index is 0.859. The van der Waals surface area contributed by atoms with Crippen molar-refractivity contribution in [3.8, 4) is 6.57 Å². The molecule has 9 heavy (non-hydrogen) atoms. The van der Waals surface area contributed by atoms with Crippen LogP contribution in [0, 0.1) is 13.5 Å². The van der Waals surface area contributed by atoms with E-state index in [9.17, 15) is 0 Å². The predicted molar refractivity (Wildman–Crippen MR) is 39.1 cm³/mol. The third kappa shape index (κ3) is 1.09. The summed E-state index contributed by atoms with van der Waals surface area (Å²) in [5, 5.41) is 0. The van der Waals surface area contributed by atoms with Crippen LogP contribution in [0.3, 0.4) is 0 Å². The molecule has 44 valence electrons. The van der Waals surface area contributed by atoms with Gasteiger partial charge in [0.2, 0.25) is 0 Å². The van der Waals surface area contributed by atoms with Crippen molar-refractivity contribution in [2.75, 3.05) is 0 Å². The zero-order chi connectivity index (χ0) is 6.69. The lowest BCUT2D eigenvalue weighted by molar-refractivity contribution is 1.49. The predicted octanol–water partition coefficient (Wildman–Crippen LogP) is 2.59. The molecule has 0 saturated heterocycles. The summed E-state index contributed by atoms with van der Waals surface area (Å²) >= 11 is 0. The SMILES string of the molecule is C#[N+]c1ccccc1C. The Morgan fingerprint density at radius 2 is 2.00 bits per heavy atom. The van der Waals surface area contributed by atoms with Crippen LogP contribution < -0.4 is 0 Å².